The number of halogens is 4. The van der Waals surface area contributed by atoms with Crippen molar-refractivity contribution in [3.05, 3.63) is 28.8 Å². The quantitative estimate of drug-likeness (QED) is 0.519. The van der Waals surface area contributed by atoms with E-state index in [1.807, 2.05) is 0 Å². The van der Waals surface area contributed by atoms with Crippen molar-refractivity contribution in [2.75, 3.05) is 19.2 Å². The Morgan fingerprint density at radius 2 is 2.00 bits per heavy atom. The normalized spacial score (nSPS) is 11.3. The van der Waals surface area contributed by atoms with Crippen molar-refractivity contribution in [2.45, 2.75) is 6.18 Å². The lowest BCUT2D eigenvalue weighted by Crippen LogP contribution is -2.45. The Kier molecular flexibility index (Phi) is 4.61. The molecule has 0 aliphatic carbocycles. The minimum absolute atomic E-state index is 0.161. The van der Waals surface area contributed by atoms with E-state index in [0.717, 1.165) is 11.1 Å². The summed E-state index contributed by atoms with van der Waals surface area (Å²) in [6, 6.07) is 2.06. The fourth-order valence-electron chi connectivity index (χ4n) is 1.22. The molecule has 0 spiro atoms. The van der Waals surface area contributed by atoms with Gasteiger partial charge in [0.05, 0.1) is 23.4 Å². The van der Waals surface area contributed by atoms with Crippen molar-refractivity contribution >= 4 is 23.3 Å². The molecule has 0 heterocycles. The molecule has 0 radical (unpaired) electrons. The lowest BCUT2D eigenvalue weighted by Gasteiger charge is -2.23. The third kappa shape index (κ3) is 3.49. The molecule has 1 aromatic carbocycles. The lowest BCUT2D eigenvalue weighted by atomic mass is 10.2. The van der Waals surface area contributed by atoms with Gasteiger partial charge in [-0.05, 0) is 18.2 Å². The molecule has 19 heavy (non-hydrogen) atoms. The zero-order valence-corrected chi connectivity index (χ0v) is 10.8. The number of rotatable bonds is 2. The Morgan fingerprint density at radius 1 is 1.42 bits per heavy atom. The van der Waals surface area contributed by atoms with Crippen LogP contribution in [0.1, 0.15) is 5.56 Å². The first-order chi connectivity index (χ1) is 8.68. The van der Waals surface area contributed by atoms with E-state index in [2.05, 4.69) is 4.84 Å². The van der Waals surface area contributed by atoms with Crippen molar-refractivity contribution in [3.8, 4) is 0 Å². The molecule has 106 valence electrons. The summed E-state index contributed by atoms with van der Waals surface area (Å²) in [4.78, 5) is 16.2. The van der Waals surface area contributed by atoms with E-state index in [1.54, 1.807) is 0 Å². The highest BCUT2D eigenvalue weighted by Gasteiger charge is 2.34. The van der Waals surface area contributed by atoms with Gasteiger partial charge in [0.25, 0.3) is 0 Å². The van der Waals surface area contributed by atoms with Gasteiger partial charge in [0.1, 0.15) is 0 Å². The summed E-state index contributed by atoms with van der Waals surface area (Å²) in [5, 5.41) is 0.814. The average molecular weight is 298 g/mol. The fourth-order valence-corrected chi connectivity index (χ4v) is 1.45. The minimum atomic E-state index is -4.63. The van der Waals surface area contributed by atoms with E-state index >= 15 is 0 Å². The van der Waals surface area contributed by atoms with E-state index in [9.17, 15) is 18.0 Å². The summed E-state index contributed by atoms with van der Waals surface area (Å²) in [6.07, 6.45) is -4.63. The Labute approximate surface area is 112 Å². The number of alkyl halides is 3. The molecule has 0 fully saturated rings. The van der Waals surface area contributed by atoms with Gasteiger partial charge in [-0.2, -0.15) is 13.2 Å². The fraction of sp³-hybridized carbons (Fsp3) is 0.300. The second-order valence-corrected chi connectivity index (χ2v) is 3.90. The van der Waals surface area contributed by atoms with Crippen LogP contribution in [0.25, 0.3) is 0 Å². The van der Waals surface area contributed by atoms with Crippen LogP contribution in [0.2, 0.25) is 5.02 Å². The van der Waals surface area contributed by atoms with Crippen molar-refractivity contribution < 1.29 is 22.8 Å². The van der Waals surface area contributed by atoms with Crippen molar-refractivity contribution in [1.29, 1.82) is 0 Å². The Morgan fingerprint density at radius 3 is 2.47 bits per heavy atom. The van der Waals surface area contributed by atoms with E-state index < -0.39 is 22.8 Å². The number of carbonyl (C=O) groups is 1. The van der Waals surface area contributed by atoms with E-state index in [0.29, 0.717) is 11.1 Å². The number of hydrogen-bond acceptors (Lipinski definition) is 3. The highest BCUT2D eigenvalue weighted by Crippen LogP contribution is 2.36. The molecule has 0 aliphatic heterocycles. The summed E-state index contributed by atoms with van der Waals surface area (Å²) in [5.41, 5.74) is -1.24. The third-order valence-electron chi connectivity index (χ3n) is 2.28. The zero-order chi connectivity index (χ0) is 14.8. The highest BCUT2D eigenvalue weighted by molar-refractivity contribution is 6.31. The largest absolute Gasteiger partial charge is 0.417 e. The number of hydrogen-bond donors (Lipinski definition) is 1. The van der Waals surface area contributed by atoms with Crippen molar-refractivity contribution in [2.24, 2.45) is 5.84 Å². The maximum Gasteiger partial charge on any atom is 0.417 e. The third-order valence-corrected chi connectivity index (χ3v) is 2.61. The van der Waals surface area contributed by atoms with Gasteiger partial charge in [-0.3, -0.25) is 4.84 Å². The summed E-state index contributed by atoms with van der Waals surface area (Å²) >= 11 is 5.46. The number of nitrogens with two attached hydrogens (primary N) is 1. The van der Waals surface area contributed by atoms with Crippen LogP contribution in [-0.4, -0.2) is 25.3 Å². The Hall–Kier alpha value is -1.51. The van der Waals surface area contributed by atoms with Crippen LogP contribution in [0.15, 0.2) is 18.2 Å². The number of carbonyl (C=O) groups excluding carboxylic acids is 1. The van der Waals surface area contributed by atoms with Crippen molar-refractivity contribution in [1.82, 2.24) is 5.06 Å². The molecule has 0 bridgehead atoms. The average Bonchev–Trinajstić information content (AvgIpc) is 2.35. The van der Waals surface area contributed by atoms with Crippen LogP contribution in [-0.2, 0) is 11.0 Å². The summed E-state index contributed by atoms with van der Waals surface area (Å²) < 4.78 is 38.0. The molecular weight excluding hydrogens is 287 g/mol. The zero-order valence-electron chi connectivity index (χ0n) is 10.0. The van der Waals surface area contributed by atoms with Gasteiger partial charge in [-0.1, -0.05) is 11.6 Å². The smallest absolute Gasteiger partial charge is 0.273 e. The molecule has 1 rings (SSSR count). The molecule has 2 N–H and O–H groups in total. The topological polar surface area (TPSA) is 58.8 Å². The summed E-state index contributed by atoms with van der Waals surface area (Å²) in [7, 11) is 2.48. The second-order valence-electron chi connectivity index (χ2n) is 3.49. The van der Waals surface area contributed by atoms with E-state index in [-0.39, 0.29) is 5.69 Å². The van der Waals surface area contributed by atoms with Gasteiger partial charge in [-0.25, -0.2) is 20.7 Å². The van der Waals surface area contributed by atoms with Gasteiger partial charge >= 0.3 is 12.2 Å². The van der Waals surface area contributed by atoms with E-state index in [4.69, 9.17) is 17.4 Å². The molecule has 1 aromatic rings. The van der Waals surface area contributed by atoms with Crippen molar-refractivity contribution in [3.63, 3.8) is 0 Å². The SMILES string of the molecule is CON(C)C(=O)N(N)c1ccc(Cl)c(C(F)(F)F)c1. The molecule has 9 heteroatoms. The van der Waals surface area contributed by atoms with Gasteiger partial charge < -0.3 is 0 Å². The lowest BCUT2D eigenvalue weighted by molar-refractivity contribution is -0.137. The van der Waals surface area contributed by atoms with E-state index in [1.165, 1.54) is 20.2 Å². The number of nitrogens with zero attached hydrogens (tertiary/aromatic N) is 2. The first kappa shape index (κ1) is 15.5. The molecule has 0 aliphatic rings. The maximum atomic E-state index is 12.7. The molecule has 5 nitrogen and oxygen atoms in total. The molecule has 2 amide bonds. The van der Waals surface area contributed by atoms with Gasteiger partial charge in [0.15, 0.2) is 0 Å². The van der Waals surface area contributed by atoms with Crippen LogP contribution in [0, 0.1) is 0 Å². The van der Waals surface area contributed by atoms with Crippen LogP contribution >= 0.6 is 11.6 Å². The highest BCUT2D eigenvalue weighted by atomic mass is 35.5. The standard InChI is InChI=1S/C10H11ClF3N3O2/c1-16(19-2)9(18)17(15)6-3-4-8(11)7(5-6)10(12,13)14/h3-5H,15H2,1-2H3. The summed E-state index contributed by atoms with van der Waals surface area (Å²) in [5.74, 6) is 5.43. The minimum Gasteiger partial charge on any atom is -0.273 e. The van der Waals surface area contributed by atoms with Crippen LogP contribution in [0.3, 0.4) is 0 Å². The van der Waals surface area contributed by atoms with Gasteiger partial charge in [0, 0.05) is 7.05 Å². The molecule has 0 saturated heterocycles. The maximum absolute atomic E-state index is 12.7. The number of anilines is 1. The second kappa shape index (κ2) is 5.64. The Balaban J connectivity index is 3.13. The van der Waals surface area contributed by atoms with Gasteiger partial charge in [-0.15, -0.1) is 0 Å². The molecule has 0 unspecified atom stereocenters. The predicted molar refractivity (Wildman–Crippen MR) is 63.3 cm³/mol. The van der Waals surface area contributed by atoms with Crippen LogP contribution in [0.5, 0.6) is 0 Å². The predicted octanol–water partition coefficient (Wildman–Crippen LogP) is 2.65. The van der Waals surface area contributed by atoms with Crippen LogP contribution in [0.4, 0.5) is 23.7 Å². The number of hydroxylamine groups is 2. The number of hydrazine groups is 1. The molecule has 0 saturated carbocycles. The van der Waals surface area contributed by atoms with Gasteiger partial charge in [0.2, 0.25) is 0 Å². The first-order valence-electron chi connectivity index (χ1n) is 4.92. The monoisotopic (exact) mass is 297 g/mol. The summed E-state index contributed by atoms with van der Waals surface area (Å²) in [6.45, 7) is 0. The number of amides is 2. The first-order valence-corrected chi connectivity index (χ1v) is 5.29. The molecule has 0 atom stereocenters. The van der Waals surface area contributed by atoms with Crippen LogP contribution < -0.4 is 10.9 Å². The number of benzene rings is 1. The Bertz CT molecular complexity index is 482. The molecule has 0 aromatic heterocycles. The number of urea groups is 1. The molecular formula is C10H11ClF3N3O2.